The number of ketones is 1. The molecule has 218 valence electrons. The highest BCUT2D eigenvalue weighted by atomic mass is 32.1. The smallest absolute Gasteiger partial charge is 0.267 e. The molecule has 4 aromatic carbocycles. The Hall–Kier alpha value is -5.44. The molecule has 0 radical (unpaired) electrons. The van der Waals surface area contributed by atoms with Crippen LogP contribution in [0.3, 0.4) is 0 Å². The molecule has 0 atom stereocenters. The number of allylic oxidation sites excluding steroid dienone is 1. The lowest BCUT2D eigenvalue weighted by Gasteiger charge is -2.11. The Kier molecular flexibility index (Phi) is 7.51. The molecule has 3 heterocycles. The van der Waals surface area contributed by atoms with Gasteiger partial charge in [-0.15, -0.1) is 22.7 Å². The van der Waals surface area contributed by atoms with Gasteiger partial charge in [0.25, 0.3) is 5.91 Å². The average Bonchev–Trinajstić information content (AvgIpc) is 3.71. The van der Waals surface area contributed by atoms with Crippen molar-refractivity contribution in [3.05, 3.63) is 142 Å². The van der Waals surface area contributed by atoms with Crippen LogP contribution in [-0.4, -0.2) is 16.7 Å². The highest BCUT2D eigenvalue weighted by Crippen LogP contribution is 2.42. The Bertz CT molecular complexity index is 2250. The summed E-state index contributed by atoms with van der Waals surface area (Å²) in [5, 5.41) is 7.54. The number of hydrogen-bond acceptors (Lipinski definition) is 6. The van der Waals surface area contributed by atoms with Gasteiger partial charge in [0.2, 0.25) is 0 Å². The lowest BCUT2D eigenvalue weighted by molar-refractivity contribution is 0.102. The van der Waals surface area contributed by atoms with Gasteiger partial charge in [-0.25, -0.2) is 9.37 Å². The fourth-order valence-corrected chi connectivity index (χ4v) is 6.94. The minimum atomic E-state index is -0.399. The van der Waals surface area contributed by atoms with Crippen molar-refractivity contribution in [2.75, 3.05) is 11.1 Å². The summed E-state index contributed by atoms with van der Waals surface area (Å²) < 4.78 is 14.4. The largest absolute Gasteiger partial charge is 0.397 e. The molecule has 0 aliphatic carbocycles. The Balaban J connectivity index is 1.25. The fourth-order valence-electron chi connectivity index (χ4n) is 5.31. The molecule has 0 unspecified atom stereocenters. The summed E-state index contributed by atoms with van der Waals surface area (Å²) in [7, 11) is 0. The normalized spacial score (nSPS) is 11.4. The number of nitrogens with one attached hydrogen (secondary N) is 1. The molecule has 0 bridgehead atoms. The number of hydrogen-bond donors (Lipinski definition) is 2. The van der Waals surface area contributed by atoms with Crippen molar-refractivity contribution in [2.24, 2.45) is 0 Å². The van der Waals surface area contributed by atoms with Gasteiger partial charge < -0.3 is 11.1 Å². The molecule has 8 heteroatoms. The summed E-state index contributed by atoms with van der Waals surface area (Å²) in [4.78, 5) is 33.0. The lowest BCUT2D eigenvalue weighted by Crippen LogP contribution is -2.12. The number of halogens is 1. The van der Waals surface area contributed by atoms with Gasteiger partial charge in [0.1, 0.15) is 15.5 Å². The monoisotopic (exact) mass is 625 g/mol. The predicted molar refractivity (Wildman–Crippen MR) is 184 cm³/mol. The van der Waals surface area contributed by atoms with Crippen molar-refractivity contribution in [1.82, 2.24) is 4.98 Å². The van der Waals surface area contributed by atoms with Gasteiger partial charge in [0.15, 0.2) is 5.78 Å². The second kappa shape index (κ2) is 11.9. The second-order valence-corrected chi connectivity index (χ2v) is 12.3. The van der Waals surface area contributed by atoms with Crippen LogP contribution in [0.15, 0.2) is 121 Å². The van der Waals surface area contributed by atoms with Crippen molar-refractivity contribution >= 4 is 72.8 Å². The maximum atomic E-state index is 14.4. The quantitative estimate of drug-likeness (QED) is 0.136. The number of aromatic nitrogens is 1. The molecule has 1 amide bonds. The molecule has 0 aliphatic heterocycles. The Labute approximate surface area is 266 Å². The minimum Gasteiger partial charge on any atom is -0.397 e. The van der Waals surface area contributed by atoms with E-state index in [1.54, 1.807) is 47.7 Å². The van der Waals surface area contributed by atoms with Crippen LogP contribution in [0.1, 0.15) is 24.9 Å². The topological polar surface area (TPSA) is 85.1 Å². The second-order valence-electron chi connectivity index (χ2n) is 10.4. The van der Waals surface area contributed by atoms with E-state index in [0.717, 1.165) is 21.2 Å². The number of nitrogen functional groups attached to an aromatic ring is 1. The third-order valence-corrected chi connectivity index (χ3v) is 9.41. The first-order chi connectivity index (χ1) is 21.9. The highest BCUT2D eigenvalue weighted by molar-refractivity contribution is 7.21. The molecular formula is C37H24FN3O2S2. The first kappa shape index (κ1) is 28.3. The van der Waals surface area contributed by atoms with E-state index in [0.29, 0.717) is 43.2 Å². The van der Waals surface area contributed by atoms with E-state index in [-0.39, 0.29) is 17.3 Å². The van der Waals surface area contributed by atoms with Crippen LogP contribution in [0.2, 0.25) is 0 Å². The number of carbonyl (C=O) groups is 2. The summed E-state index contributed by atoms with van der Waals surface area (Å²) in [5.41, 5.74) is 10.9. The van der Waals surface area contributed by atoms with Gasteiger partial charge in [-0.2, -0.15) is 0 Å². The molecule has 0 aliphatic rings. The Morgan fingerprint density at radius 2 is 1.64 bits per heavy atom. The molecule has 45 heavy (non-hydrogen) atoms. The number of pyridine rings is 1. The van der Waals surface area contributed by atoms with Gasteiger partial charge in [0.05, 0.1) is 11.4 Å². The van der Waals surface area contributed by atoms with Crippen LogP contribution in [0.4, 0.5) is 15.8 Å². The fraction of sp³-hybridized carbons (Fsp3) is 0. The van der Waals surface area contributed by atoms with Crippen LogP contribution >= 0.6 is 22.7 Å². The van der Waals surface area contributed by atoms with Gasteiger partial charge in [-0.05, 0) is 88.0 Å². The SMILES string of the molecule is Nc1c(C(=O)Nc2ccc(C(=O)C=Cc3cccs3)cc2)sc2nc(-c3cccc4ccccc34)cc(-c3cccc(F)c3)c12. The van der Waals surface area contributed by atoms with Crippen molar-refractivity contribution < 1.29 is 14.0 Å². The number of nitrogens with two attached hydrogens (primary N) is 1. The van der Waals surface area contributed by atoms with Crippen molar-refractivity contribution in [3.8, 4) is 22.4 Å². The molecule has 5 nitrogen and oxygen atoms in total. The summed E-state index contributed by atoms with van der Waals surface area (Å²) in [5.74, 6) is -0.906. The molecule has 0 saturated carbocycles. The number of rotatable bonds is 7. The van der Waals surface area contributed by atoms with E-state index < -0.39 is 5.91 Å². The molecule has 7 rings (SSSR count). The van der Waals surface area contributed by atoms with Crippen molar-refractivity contribution in [2.45, 2.75) is 0 Å². The summed E-state index contributed by atoms with van der Waals surface area (Å²) in [6, 6.07) is 32.9. The number of fused-ring (bicyclic) bond motifs is 2. The number of benzene rings is 4. The first-order valence-electron chi connectivity index (χ1n) is 14.1. The molecular weight excluding hydrogens is 602 g/mol. The van der Waals surface area contributed by atoms with Gasteiger partial charge >= 0.3 is 0 Å². The van der Waals surface area contributed by atoms with Crippen LogP contribution in [0, 0.1) is 5.82 Å². The number of nitrogens with zero attached hydrogens (tertiary/aromatic N) is 1. The first-order valence-corrected chi connectivity index (χ1v) is 15.8. The van der Waals surface area contributed by atoms with E-state index >= 15 is 0 Å². The van der Waals surface area contributed by atoms with Crippen LogP contribution in [0.25, 0.3) is 49.4 Å². The van der Waals surface area contributed by atoms with Crippen LogP contribution in [-0.2, 0) is 0 Å². The number of carbonyl (C=O) groups excluding carboxylic acids is 2. The maximum absolute atomic E-state index is 14.4. The standard InChI is InChI=1S/C37H24FN3O2S2/c38-25-9-3-8-24(20-25)30-21-31(29-12-4-7-22-6-1-2-11-28(22)29)41-37-33(30)34(39)35(45-37)36(43)40-26-15-13-23(14-16-26)32(42)18-17-27-10-5-19-44-27/h1-21H,39H2,(H,40,43). The van der Waals surface area contributed by atoms with Crippen LogP contribution < -0.4 is 11.1 Å². The Morgan fingerprint density at radius 3 is 2.44 bits per heavy atom. The van der Waals surface area contributed by atoms with Gasteiger partial charge in [-0.1, -0.05) is 60.7 Å². The van der Waals surface area contributed by atoms with E-state index in [4.69, 9.17) is 10.7 Å². The predicted octanol–water partition coefficient (Wildman–Crippen LogP) is 9.71. The zero-order chi connectivity index (χ0) is 30.9. The summed E-state index contributed by atoms with van der Waals surface area (Å²) in [6.07, 6.45) is 3.32. The molecule has 3 aromatic heterocycles. The van der Waals surface area contributed by atoms with E-state index in [2.05, 4.69) is 5.32 Å². The minimum absolute atomic E-state index is 0.132. The molecule has 0 fully saturated rings. The molecule has 3 N–H and O–H groups in total. The van der Waals surface area contributed by atoms with Crippen LogP contribution in [0.5, 0.6) is 0 Å². The highest BCUT2D eigenvalue weighted by Gasteiger charge is 2.22. The van der Waals surface area contributed by atoms with Crippen molar-refractivity contribution in [3.63, 3.8) is 0 Å². The number of amides is 1. The summed E-state index contributed by atoms with van der Waals surface area (Å²) in [6.45, 7) is 0. The van der Waals surface area contributed by atoms with E-state index in [9.17, 15) is 14.0 Å². The lowest BCUT2D eigenvalue weighted by atomic mass is 9.97. The molecule has 0 saturated heterocycles. The van der Waals surface area contributed by atoms with Gasteiger partial charge in [-0.3, -0.25) is 9.59 Å². The number of thiophene rings is 2. The molecule has 7 aromatic rings. The van der Waals surface area contributed by atoms with E-state index in [1.807, 2.05) is 72.1 Å². The molecule has 0 spiro atoms. The third kappa shape index (κ3) is 5.64. The van der Waals surface area contributed by atoms with E-state index in [1.165, 1.54) is 29.5 Å². The third-order valence-electron chi connectivity index (χ3n) is 7.48. The summed E-state index contributed by atoms with van der Waals surface area (Å²) >= 11 is 2.74. The zero-order valence-corrected chi connectivity index (χ0v) is 25.3. The van der Waals surface area contributed by atoms with Crippen molar-refractivity contribution in [1.29, 1.82) is 0 Å². The van der Waals surface area contributed by atoms with Gasteiger partial charge in [0, 0.05) is 27.1 Å². The average molecular weight is 626 g/mol. The maximum Gasteiger partial charge on any atom is 0.267 e. The number of anilines is 2. The Morgan fingerprint density at radius 1 is 0.844 bits per heavy atom. The zero-order valence-electron chi connectivity index (χ0n) is 23.7.